The first-order chi connectivity index (χ1) is 19.3. The SMILES string of the molecule is C=CCn1c(=O)c2cnc(Nc3ccc(N4CCN(C)CC4)cc3)nc2n1-c1ccc2c(n1)C(C)(O)C1(CC1)O2. The molecule has 2 aliphatic heterocycles. The van der Waals surface area contributed by atoms with E-state index in [2.05, 4.69) is 45.9 Å². The largest absolute Gasteiger partial charge is 0.482 e. The van der Waals surface area contributed by atoms with Gasteiger partial charge in [-0.15, -0.1) is 6.58 Å². The Morgan fingerprint density at radius 1 is 1.10 bits per heavy atom. The third-order valence-corrected chi connectivity index (χ3v) is 8.39. The Morgan fingerprint density at radius 2 is 1.85 bits per heavy atom. The summed E-state index contributed by atoms with van der Waals surface area (Å²) in [6.45, 7) is 9.91. The van der Waals surface area contributed by atoms with Crippen molar-refractivity contribution in [2.75, 3.05) is 43.4 Å². The van der Waals surface area contributed by atoms with E-state index >= 15 is 0 Å². The highest BCUT2D eigenvalue weighted by Crippen LogP contribution is 2.59. The van der Waals surface area contributed by atoms with Gasteiger partial charge >= 0.3 is 0 Å². The standard InChI is InChI=1S/C29H32N8O3/c1-4-13-36-26(38)21-18-30-27(31-19-5-7-20(8-6-19)35-16-14-34(3)15-17-35)33-25(21)37(36)23-10-9-22-24(32-23)28(2,39)29(40-22)11-12-29/h4-10,18,39H,1,11-17H2,2-3H3,(H,30,31,33). The van der Waals surface area contributed by atoms with Gasteiger partial charge in [-0.25, -0.2) is 19.3 Å². The molecule has 2 N–H and O–H groups in total. The zero-order valence-electron chi connectivity index (χ0n) is 22.7. The minimum Gasteiger partial charge on any atom is -0.482 e. The number of nitrogens with zero attached hydrogens (tertiary/aromatic N) is 7. The zero-order valence-corrected chi connectivity index (χ0v) is 22.7. The molecule has 2 fully saturated rings. The number of allylic oxidation sites excluding steroid dienone is 1. The summed E-state index contributed by atoms with van der Waals surface area (Å²) in [6.07, 6.45) is 4.74. The number of anilines is 3. The number of fused-ring (bicyclic) bond motifs is 2. The second-order valence-corrected chi connectivity index (χ2v) is 11.1. The number of aromatic nitrogens is 5. The zero-order chi connectivity index (χ0) is 27.6. The predicted molar refractivity (Wildman–Crippen MR) is 153 cm³/mol. The average Bonchev–Trinajstić information content (AvgIpc) is 3.65. The fraction of sp³-hybridized carbons (Fsp3) is 0.379. The first-order valence-corrected chi connectivity index (χ1v) is 13.6. The summed E-state index contributed by atoms with van der Waals surface area (Å²) in [5, 5.41) is 14.9. The van der Waals surface area contributed by atoms with Gasteiger partial charge in [0.2, 0.25) is 5.95 Å². The van der Waals surface area contributed by atoms with Crippen LogP contribution in [0.1, 0.15) is 25.5 Å². The molecule has 1 unspecified atom stereocenters. The van der Waals surface area contributed by atoms with Crippen molar-refractivity contribution in [2.24, 2.45) is 0 Å². The lowest BCUT2D eigenvalue weighted by molar-refractivity contribution is -0.0434. The van der Waals surface area contributed by atoms with Crippen LogP contribution in [-0.4, -0.2) is 73.1 Å². The van der Waals surface area contributed by atoms with Crippen molar-refractivity contribution in [1.29, 1.82) is 0 Å². The third-order valence-electron chi connectivity index (χ3n) is 8.39. The predicted octanol–water partition coefficient (Wildman–Crippen LogP) is 2.79. The van der Waals surface area contributed by atoms with E-state index in [4.69, 9.17) is 14.7 Å². The molecule has 1 spiro atoms. The molecule has 1 saturated carbocycles. The summed E-state index contributed by atoms with van der Waals surface area (Å²) >= 11 is 0. The maximum atomic E-state index is 13.3. The van der Waals surface area contributed by atoms with Crippen LogP contribution in [0.3, 0.4) is 0 Å². The molecule has 1 atom stereocenters. The fourth-order valence-electron chi connectivity index (χ4n) is 5.77. The van der Waals surface area contributed by atoms with Gasteiger partial charge in [-0.05, 0) is 63.2 Å². The van der Waals surface area contributed by atoms with Gasteiger partial charge in [-0.3, -0.25) is 4.79 Å². The van der Waals surface area contributed by atoms with Gasteiger partial charge in [-0.2, -0.15) is 4.98 Å². The van der Waals surface area contributed by atoms with E-state index in [-0.39, 0.29) is 12.1 Å². The lowest BCUT2D eigenvalue weighted by Crippen LogP contribution is -2.44. The summed E-state index contributed by atoms with van der Waals surface area (Å²) in [4.78, 5) is 32.0. The van der Waals surface area contributed by atoms with E-state index in [0.29, 0.717) is 34.2 Å². The molecule has 4 aromatic rings. The van der Waals surface area contributed by atoms with Gasteiger partial charge in [0, 0.05) is 43.8 Å². The van der Waals surface area contributed by atoms with Crippen molar-refractivity contribution in [3.05, 3.63) is 71.3 Å². The molecule has 206 valence electrons. The van der Waals surface area contributed by atoms with Gasteiger partial charge in [0.25, 0.3) is 5.56 Å². The quantitative estimate of drug-likeness (QED) is 0.357. The van der Waals surface area contributed by atoms with Crippen LogP contribution in [-0.2, 0) is 12.1 Å². The smallest absolute Gasteiger partial charge is 0.278 e. The van der Waals surface area contributed by atoms with Gasteiger partial charge in [0.1, 0.15) is 28.0 Å². The van der Waals surface area contributed by atoms with Crippen molar-refractivity contribution in [3.8, 4) is 11.6 Å². The molecule has 5 heterocycles. The first kappa shape index (κ1) is 24.8. The normalized spacial score (nSPS) is 21.4. The van der Waals surface area contributed by atoms with Crippen LogP contribution in [0.15, 0.2) is 60.0 Å². The maximum Gasteiger partial charge on any atom is 0.278 e. The van der Waals surface area contributed by atoms with Crippen molar-refractivity contribution in [1.82, 2.24) is 29.2 Å². The number of piperazine rings is 1. The molecular formula is C29H32N8O3. The number of likely N-dealkylation sites (N-methyl/N-ethyl adjacent to an activating group) is 1. The van der Waals surface area contributed by atoms with Crippen LogP contribution in [0, 0.1) is 0 Å². The Morgan fingerprint density at radius 3 is 2.55 bits per heavy atom. The molecule has 3 aromatic heterocycles. The molecule has 11 nitrogen and oxygen atoms in total. The minimum absolute atomic E-state index is 0.248. The number of hydrogen-bond acceptors (Lipinski definition) is 9. The second kappa shape index (κ2) is 8.90. The molecule has 1 aromatic carbocycles. The van der Waals surface area contributed by atoms with Crippen molar-refractivity contribution in [2.45, 2.75) is 37.5 Å². The highest BCUT2D eigenvalue weighted by molar-refractivity contribution is 5.77. The van der Waals surface area contributed by atoms with E-state index in [1.165, 1.54) is 16.6 Å². The Kier molecular flexibility index (Phi) is 5.52. The second-order valence-electron chi connectivity index (χ2n) is 11.1. The Balaban J connectivity index is 1.24. The Bertz CT molecular complexity index is 1680. The number of rotatable bonds is 6. The number of aliphatic hydroxyl groups is 1. The highest BCUT2D eigenvalue weighted by Gasteiger charge is 2.65. The lowest BCUT2D eigenvalue weighted by atomic mass is 9.94. The molecule has 0 bridgehead atoms. The molecule has 3 aliphatic rings. The Hall–Kier alpha value is -4.22. The van der Waals surface area contributed by atoms with Gasteiger partial charge in [0.05, 0.1) is 6.54 Å². The summed E-state index contributed by atoms with van der Waals surface area (Å²) in [6, 6.07) is 11.8. The van der Waals surface area contributed by atoms with E-state index in [0.717, 1.165) is 44.7 Å². The molecule has 1 saturated heterocycles. The molecule has 40 heavy (non-hydrogen) atoms. The van der Waals surface area contributed by atoms with Crippen LogP contribution < -0.4 is 20.5 Å². The number of hydrogen-bond donors (Lipinski definition) is 2. The van der Waals surface area contributed by atoms with Crippen LogP contribution in [0.5, 0.6) is 5.75 Å². The number of benzene rings is 1. The number of nitrogens with one attached hydrogen (secondary N) is 1. The van der Waals surface area contributed by atoms with Crippen LogP contribution in [0.4, 0.5) is 17.3 Å². The summed E-state index contributed by atoms with van der Waals surface area (Å²) in [7, 11) is 2.15. The molecule has 11 heteroatoms. The summed E-state index contributed by atoms with van der Waals surface area (Å²) in [5.74, 6) is 1.38. The minimum atomic E-state index is -1.22. The topological polar surface area (TPSA) is 114 Å². The lowest BCUT2D eigenvalue weighted by Gasteiger charge is -2.34. The Labute approximate surface area is 231 Å². The molecule has 0 radical (unpaired) electrons. The van der Waals surface area contributed by atoms with Crippen LogP contribution in [0.25, 0.3) is 16.9 Å². The third kappa shape index (κ3) is 3.80. The van der Waals surface area contributed by atoms with E-state index in [9.17, 15) is 9.90 Å². The average molecular weight is 541 g/mol. The molecule has 0 amide bonds. The monoisotopic (exact) mass is 540 g/mol. The van der Waals surface area contributed by atoms with E-state index < -0.39 is 11.2 Å². The fourth-order valence-corrected chi connectivity index (χ4v) is 5.77. The van der Waals surface area contributed by atoms with Crippen molar-refractivity contribution in [3.63, 3.8) is 0 Å². The maximum absolute atomic E-state index is 13.3. The van der Waals surface area contributed by atoms with E-state index in [1.807, 2.05) is 12.1 Å². The van der Waals surface area contributed by atoms with Crippen molar-refractivity contribution >= 4 is 28.4 Å². The van der Waals surface area contributed by atoms with Gasteiger partial charge in [-0.1, -0.05) is 6.08 Å². The van der Waals surface area contributed by atoms with Gasteiger partial charge in [0.15, 0.2) is 11.5 Å². The van der Waals surface area contributed by atoms with Crippen molar-refractivity contribution < 1.29 is 9.84 Å². The molecule has 7 rings (SSSR count). The molecular weight excluding hydrogens is 508 g/mol. The van der Waals surface area contributed by atoms with E-state index in [1.54, 1.807) is 29.8 Å². The number of pyridine rings is 1. The summed E-state index contributed by atoms with van der Waals surface area (Å²) < 4.78 is 9.26. The van der Waals surface area contributed by atoms with Gasteiger partial charge < -0.3 is 25.0 Å². The number of ether oxygens (including phenoxy) is 1. The summed E-state index contributed by atoms with van der Waals surface area (Å²) in [5.41, 5.74) is 0.820. The highest BCUT2D eigenvalue weighted by atomic mass is 16.5. The first-order valence-electron chi connectivity index (χ1n) is 13.6. The van der Waals surface area contributed by atoms with Crippen LogP contribution >= 0.6 is 0 Å². The van der Waals surface area contributed by atoms with Crippen LogP contribution in [0.2, 0.25) is 0 Å². The molecule has 1 aliphatic carbocycles.